The molecule has 0 aromatic heterocycles. The van der Waals surface area contributed by atoms with Gasteiger partial charge < -0.3 is 4.74 Å². The third kappa shape index (κ3) is 5.86. The van der Waals surface area contributed by atoms with Crippen molar-refractivity contribution in [3.05, 3.63) is 23.8 Å². The van der Waals surface area contributed by atoms with Crippen LogP contribution in [0.3, 0.4) is 0 Å². The van der Waals surface area contributed by atoms with Crippen LogP contribution in [0.15, 0.2) is 23.8 Å². The average molecular weight is 154 g/mol. The van der Waals surface area contributed by atoms with Crippen LogP contribution in [-0.2, 0) is 4.74 Å². The van der Waals surface area contributed by atoms with E-state index in [9.17, 15) is 0 Å². The summed E-state index contributed by atoms with van der Waals surface area (Å²) in [6.45, 7) is 6.09. The van der Waals surface area contributed by atoms with Gasteiger partial charge in [-0.3, -0.25) is 0 Å². The first-order valence-corrected chi connectivity index (χ1v) is 3.93. The monoisotopic (exact) mass is 154 g/mol. The molecule has 0 saturated carbocycles. The first kappa shape index (κ1) is 10.4. The summed E-state index contributed by atoms with van der Waals surface area (Å²) in [6, 6.07) is 0. The molecular formula is C10H18O. The summed E-state index contributed by atoms with van der Waals surface area (Å²) >= 11 is 0. The van der Waals surface area contributed by atoms with Crippen LogP contribution in [0.25, 0.3) is 0 Å². The molecular weight excluding hydrogens is 136 g/mol. The minimum atomic E-state index is 1.14. The first-order chi connectivity index (χ1) is 5.20. The third-order valence-corrected chi connectivity index (χ3v) is 1.52. The second-order valence-electron chi connectivity index (χ2n) is 2.92. The van der Waals surface area contributed by atoms with Gasteiger partial charge in [0.2, 0.25) is 0 Å². The lowest BCUT2D eigenvalue weighted by atomic mass is 9.97. The van der Waals surface area contributed by atoms with Crippen LogP contribution < -0.4 is 0 Å². The summed E-state index contributed by atoms with van der Waals surface area (Å²) in [6.07, 6.45) is 5.86. The highest BCUT2D eigenvalue weighted by molar-refractivity contribution is 5.15. The van der Waals surface area contributed by atoms with Crippen LogP contribution in [0.1, 0.15) is 26.2 Å². The highest BCUT2D eigenvalue weighted by Gasteiger charge is 2.00. The van der Waals surface area contributed by atoms with Crippen molar-refractivity contribution in [2.45, 2.75) is 26.2 Å². The molecule has 0 aromatic rings. The molecule has 0 radical (unpaired) electrons. The lowest BCUT2D eigenvalue weighted by Gasteiger charge is -2.09. The fourth-order valence-electron chi connectivity index (χ4n) is 1.08. The Morgan fingerprint density at radius 3 is 2.27 bits per heavy atom. The third-order valence-electron chi connectivity index (χ3n) is 1.52. The molecule has 0 unspecified atom stereocenters. The summed E-state index contributed by atoms with van der Waals surface area (Å²) in [4.78, 5) is 0. The van der Waals surface area contributed by atoms with Gasteiger partial charge in [0.05, 0.1) is 0 Å². The van der Waals surface area contributed by atoms with E-state index in [1.807, 2.05) is 0 Å². The Kier molecular flexibility index (Phi) is 5.86. The Hall–Kier alpha value is -0.560. The normalized spacial score (nSPS) is 16.6. The van der Waals surface area contributed by atoms with Gasteiger partial charge >= 0.3 is 0 Å². The number of hydrogen-bond acceptors (Lipinski definition) is 1. The van der Waals surface area contributed by atoms with Crippen molar-refractivity contribution in [3.63, 3.8) is 0 Å². The molecule has 0 bridgehead atoms. The van der Waals surface area contributed by atoms with Crippen LogP contribution in [0.4, 0.5) is 0 Å². The van der Waals surface area contributed by atoms with Gasteiger partial charge in [0.1, 0.15) is 0 Å². The van der Waals surface area contributed by atoms with Crippen molar-refractivity contribution in [2.75, 3.05) is 14.2 Å². The minimum absolute atomic E-state index is 1.14. The molecule has 1 aliphatic rings. The van der Waals surface area contributed by atoms with Crippen molar-refractivity contribution in [2.24, 2.45) is 0 Å². The fraction of sp³-hybridized carbons (Fsp3) is 0.600. The van der Waals surface area contributed by atoms with E-state index in [1.165, 1.54) is 24.0 Å². The summed E-state index contributed by atoms with van der Waals surface area (Å²) in [5, 5.41) is 0. The van der Waals surface area contributed by atoms with Gasteiger partial charge in [-0.05, 0) is 26.2 Å². The predicted octanol–water partition coefficient (Wildman–Crippen LogP) is 2.94. The lowest BCUT2D eigenvalue weighted by molar-refractivity contribution is 0.277. The zero-order chi connectivity index (χ0) is 8.69. The number of methoxy groups -OCH3 is 1. The molecule has 0 spiro atoms. The van der Waals surface area contributed by atoms with Gasteiger partial charge in [-0.25, -0.2) is 0 Å². The van der Waals surface area contributed by atoms with Gasteiger partial charge in [-0.15, -0.1) is 0 Å². The average Bonchev–Trinajstić information content (AvgIpc) is 1.88. The highest BCUT2D eigenvalue weighted by Crippen LogP contribution is 2.20. The van der Waals surface area contributed by atoms with Gasteiger partial charge in [0, 0.05) is 14.2 Å². The fourth-order valence-corrected chi connectivity index (χ4v) is 1.08. The van der Waals surface area contributed by atoms with E-state index >= 15 is 0 Å². The van der Waals surface area contributed by atoms with Gasteiger partial charge in [0.15, 0.2) is 0 Å². The molecule has 0 N–H and O–H groups in total. The molecule has 0 fully saturated rings. The van der Waals surface area contributed by atoms with Crippen molar-refractivity contribution >= 4 is 0 Å². The van der Waals surface area contributed by atoms with Crippen LogP contribution in [0.5, 0.6) is 0 Å². The summed E-state index contributed by atoms with van der Waals surface area (Å²) in [5.41, 5.74) is 2.88. The van der Waals surface area contributed by atoms with Crippen LogP contribution >= 0.6 is 0 Å². The SMILES string of the molecule is C=C1CCC=C(C)C1.COC. The maximum Gasteiger partial charge on any atom is 0.0351 e. The van der Waals surface area contributed by atoms with Gasteiger partial charge in [-0.2, -0.15) is 0 Å². The largest absolute Gasteiger partial charge is 0.388 e. The topological polar surface area (TPSA) is 9.23 Å². The summed E-state index contributed by atoms with van der Waals surface area (Å²) in [7, 11) is 3.25. The Morgan fingerprint density at radius 1 is 1.45 bits per heavy atom. The summed E-state index contributed by atoms with van der Waals surface area (Å²) in [5.74, 6) is 0. The number of rotatable bonds is 0. The van der Waals surface area contributed by atoms with Crippen molar-refractivity contribution in [1.29, 1.82) is 0 Å². The molecule has 1 heteroatoms. The van der Waals surface area contributed by atoms with E-state index in [1.54, 1.807) is 14.2 Å². The van der Waals surface area contributed by atoms with Crippen LogP contribution in [0.2, 0.25) is 0 Å². The standard InChI is InChI=1S/C8H12.C2H6O/c1-7-4-3-5-8(2)6-7;1-3-2/h5H,1,3-4,6H2,2H3;1-2H3. The molecule has 0 heterocycles. The molecule has 11 heavy (non-hydrogen) atoms. The molecule has 0 amide bonds. The maximum atomic E-state index is 4.25. The lowest BCUT2D eigenvalue weighted by Crippen LogP contribution is -1.89. The number of hydrogen-bond donors (Lipinski definition) is 0. The summed E-state index contributed by atoms with van der Waals surface area (Å²) < 4.78 is 4.25. The Labute approximate surface area is 69.8 Å². The van der Waals surface area contributed by atoms with Gasteiger partial charge in [-0.1, -0.05) is 23.8 Å². The van der Waals surface area contributed by atoms with E-state index in [0.29, 0.717) is 0 Å². The van der Waals surface area contributed by atoms with Crippen molar-refractivity contribution in [1.82, 2.24) is 0 Å². The zero-order valence-electron chi connectivity index (χ0n) is 7.81. The molecule has 1 nitrogen and oxygen atoms in total. The zero-order valence-corrected chi connectivity index (χ0v) is 7.81. The van der Waals surface area contributed by atoms with E-state index in [2.05, 4.69) is 24.3 Å². The maximum absolute atomic E-state index is 4.25. The molecule has 0 aliphatic heterocycles. The first-order valence-electron chi connectivity index (χ1n) is 3.93. The van der Waals surface area contributed by atoms with E-state index in [-0.39, 0.29) is 0 Å². The Balaban J connectivity index is 0.000000292. The predicted molar refractivity (Wildman–Crippen MR) is 49.7 cm³/mol. The van der Waals surface area contributed by atoms with Crippen molar-refractivity contribution in [3.8, 4) is 0 Å². The highest BCUT2D eigenvalue weighted by atomic mass is 16.4. The van der Waals surface area contributed by atoms with E-state index in [0.717, 1.165) is 6.42 Å². The quantitative estimate of drug-likeness (QED) is 0.487. The van der Waals surface area contributed by atoms with E-state index in [4.69, 9.17) is 0 Å². The van der Waals surface area contributed by atoms with Crippen LogP contribution in [0, 0.1) is 0 Å². The Bertz CT molecular complexity index is 145. The molecule has 0 atom stereocenters. The van der Waals surface area contributed by atoms with Crippen LogP contribution in [-0.4, -0.2) is 14.2 Å². The second kappa shape index (κ2) is 6.17. The molecule has 64 valence electrons. The molecule has 1 aliphatic carbocycles. The smallest absolute Gasteiger partial charge is 0.0351 e. The van der Waals surface area contributed by atoms with Crippen molar-refractivity contribution < 1.29 is 4.74 Å². The van der Waals surface area contributed by atoms with Gasteiger partial charge in [0.25, 0.3) is 0 Å². The Morgan fingerprint density at radius 2 is 2.00 bits per heavy atom. The molecule has 1 rings (SSSR count). The molecule has 0 saturated heterocycles. The number of ether oxygens (including phenoxy) is 1. The number of allylic oxidation sites excluding steroid dienone is 3. The second-order valence-corrected chi connectivity index (χ2v) is 2.92. The minimum Gasteiger partial charge on any atom is -0.388 e. The van der Waals surface area contributed by atoms with E-state index < -0.39 is 0 Å². The molecule has 0 aromatic carbocycles.